The number of carbonyl (C=O) groups excluding carboxylic acids is 3. The van der Waals surface area contributed by atoms with Crippen LogP contribution in [0.4, 0.5) is 4.79 Å². The number of halogens is 1. The lowest BCUT2D eigenvalue weighted by Gasteiger charge is -2.18. The lowest BCUT2D eigenvalue weighted by Crippen LogP contribution is -2.32. The molecule has 2 aromatic rings. The second kappa shape index (κ2) is 7.58. The number of imide groups is 1. The second-order valence-corrected chi connectivity index (χ2v) is 6.48. The molecule has 6 nitrogen and oxygen atoms in total. The highest BCUT2D eigenvalue weighted by molar-refractivity contribution is 6.30. The molecule has 0 aliphatic carbocycles. The first kappa shape index (κ1) is 17.9. The van der Waals surface area contributed by atoms with Crippen molar-refractivity contribution in [2.24, 2.45) is 0 Å². The van der Waals surface area contributed by atoms with Gasteiger partial charge in [0.2, 0.25) is 5.91 Å². The summed E-state index contributed by atoms with van der Waals surface area (Å²) in [6.07, 6.45) is 0. The number of hydrogen-bond donors (Lipinski definition) is 2. The summed E-state index contributed by atoms with van der Waals surface area (Å²) in [6.45, 7) is 1.91. The number of benzene rings is 2. The summed E-state index contributed by atoms with van der Waals surface area (Å²) in [5.41, 5.74) is 1.92. The zero-order valence-electron chi connectivity index (χ0n) is 14.2. The van der Waals surface area contributed by atoms with Crippen LogP contribution in [-0.4, -0.2) is 29.3 Å². The Balaban J connectivity index is 1.77. The molecule has 0 unspecified atom stereocenters. The fraction of sp³-hybridized carbons (Fsp3) is 0.211. The quantitative estimate of drug-likeness (QED) is 0.793. The fourth-order valence-corrected chi connectivity index (χ4v) is 3.00. The van der Waals surface area contributed by atoms with Crippen LogP contribution in [0.15, 0.2) is 48.5 Å². The predicted molar refractivity (Wildman–Crippen MR) is 97.7 cm³/mol. The van der Waals surface area contributed by atoms with E-state index in [1.807, 2.05) is 19.1 Å². The number of rotatable bonds is 5. The number of hydrogen-bond acceptors (Lipinski definition) is 3. The van der Waals surface area contributed by atoms with Crippen molar-refractivity contribution in [1.29, 1.82) is 0 Å². The van der Waals surface area contributed by atoms with Gasteiger partial charge in [0, 0.05) is 10.6 Å². The number of nitrogens with one attached hydrogen (secondary N) is 2. The molecule has 2 aromatic carbocycles. The summed E-state index contributed by atoms with van der Waals surface area (Å²) in [5, 5.41) is 6.00. The molecule has 0 radical (unpaired) electrons. The molecular formula is C19H18ClN3O3. The minimum atomic E-state index is -0.447. The van der Waals surface area contributed by atoms with E-state index in [0.29, 0.717) is 16.1 Å². The third-order valence-corrected chi connectivity index (χ3v) is 4.46. The highest BCUT2D eigenvalue weighted by atomic mass is 35.5. The van der Waals surface area contributed by atoms with Crippen LogP contribution in [0.5, 0.6) is 0 Å². The van der Waals surface area contributed by atoms with E-state index in [9.17, 15) is 14.4 Å². The van der Waals surface area contributed by atoms with Crippen molar-refractivity contribution in [2.75, 3.05) is 6.54 Å². The first-order valence-electron chi connectivity index (χ1n) is 8.18. The van der Waals surface area contributed by atoms with Crippen molar-refractivity contribution in [3.8, 4) is 0 Å². The predicted octanol–water partition coefficient (Wildman–Crippen LogP) is 2.88. The van der Waals surface area contributed by atoms with E-state index in [-0.39, 0.29) is 30.9 Å². The summed E-state index contributed by atoms with van der Waals surface area (Å²) >= 11 is 6.00. The Morgan fingerprint density at radius 1 is 1.23 bits per heavy atom. The monoisotopic (exact) mass is 371 g/mol. The normalized spacial score (nSPS) is 14.9. The van der Waals surface area contributed by atoms with Gasteiger partial charge in [-0.3, -0.25) is 14.5 Å². The Bertz CT molecular complexity index is 853. The van der Waals surface area contributed by atoms with Crippen molar-refractivity contribution in [3.05, 3.63) is 70.2 Å². The Morgan fingerprint density at radius 2 is 2.00 bits per heavy atom. The van der Waals surface area contributed by atoms with Crippen molar-refractivity contribution >= 4 is 29.4 Å². The molecule has 4 amide bonds. The zero-order valence-corrected chi connectivity index (χ0v) is 14.9. The molecule has 0 bridgehead atoms. The molecule has 134 valence electrons. The summed E-state index contributed by atoms with van der Waals surface area (Å²) in [5.74, 6) is -0.586. The molecule has 1 aliphatic heterocycles. The maximum absolute atomic E-state index is 12.7. The van der Waals surface area contributed by atoms with Crippen LogP contribution < -0.4 is 10.6 Å². The summed E-state index contributed by atoms with van der Waals surface area (Å²) in [7, 11) is 0. The van der Waals surface area contributed by atoms with E-state index in [4.69, 9.17) is 11.6 Å². The second-order valence-electron chi connectivity index (χ2n) is 6.05. The number of carbonyl (C=O) groups is 3. The van der Waals surface area contributed by atoms with E-state index in [1.54, 1.807) is 36.4 Å². The highest BCUT2D eigenvalue weighted by Gasteiger charge is 2.29. The molecule has 26 heavy (non-hydrogen) atoms. The Labute approximate surface area is 156 Å². The molecule has 0 spiro atoms. The third-order valence-electron chi connectivity index (χ3n) is 4.22. The molecule has 2 N–H and O–H groups in total. The number of urea groups is 1. The zero-order chi connectivity index (χ0) is 18.7. The SMILES string of the molecule is C[C@@H](NC(=O)c1ccccc1CN1C(=O)CNC1=O)c1cccc(Cl)c1. The first-order valence-corrected chi connectivity index (χ1v) is 8.56. The van der Waals surface area contributed by atoms with Crippen molar-refractivity contribution in [1.82, 2.24) is 15.5 Å². The van der Waals surface area contributed by atoms with Gasteiger partial charge in [-0.15, -0.1) is 0 Å². The molecule has 1 heterocycles. The highest BCUT2D eigenvalue weighted by Crippen LogP contribution is 2.19. The van der Waals surface area contributed by atoms with E-state index in [0.717, 1.165) is 10.5 Å². The number of nitrogens with zero attached hydrogens (tertiary/aromatic N) is 1. The average Bonchev–Trinajstić information content (AvgIpc) is 2.94. The smallest absolute Gasteiger partial charge is 0.324 e. The average molecular weight is 372 g/mol. The van der Waals surface area contributed by atoms with Gasteiger partial charge in [-0.1, -0.05) is 41.9 Å². The van der Waals surface area contributed by atoms with Gasteiger partial charge in [-0.05, 0) is 36.2 Å². The largest absolute Gasteiger partial charge is 0.346 e. The van der Waals surface area contributed by atoms with Crippen LogP contribution >= 0.6 is 11.6 Å². The van der Waals surface area contributed by atoms with Crippen LogP contribution in [0.1, 0.15) is 34.5 Å². The van der Waals surface area contributed by atoms with Crippen molar-refractivity contribution in [2.45, 2.75) is 19.5 Å². The summed E-state index contributed by atoms with van der Waals surface area (Å²) in [6, 6.07) is 13.5. The summed E-state index contributed by atoms with van der Waals surface area (Å²) in [4.78, 5) is 37.4. The fourth-order valence-electron chi connectivity index (χ4n) is 2.80. The molecule has 3 rings (SSSR count). The Morgan fingerprint density at radius 3 is 2.69 bits per heavy atom. The van der Waals surface area contributed by atoms with Crippen LogP contribution in [0.25, 0.3) is 0 Å². The van der Waals surface area contributed by atoms with E-state index in [2.05, 4.69) is 10.6 Å². The lowest BCUT2D eigenvalue weighted by atomic mass is 10.0. The number of amides is 4. The Kier molecular flexibility index (Phi) is 5.23. The minimum absolute atomic E-state index is 0.0149. The van der Waals surface area contributed by atoms with Crippen LogP contribution in [0, 0.1) is 0 Å². The molecule has 0 saturated carbocycles. The van der Waals surface area contributed by atoms with Gasteiger partial charge in [-0.25, -0.2) is 4.79 Å². The molecule has 7 heteroatoms. The van der Waals surface area contributed by atoms with Gasteiger partial charge in [0.25, 0.3) is 5.91 Å². The maximum atomic E-state index is 12.7. The first-order chi connectivity index (χ1) is 12.5. The topological polar surface area (TPSA) is 78.5 Å². The summed E-state index contributed by atoms with van der Waals surface area (Å²) < 4.78 is 0. The van der Waals surface area contributed by atoms with E-state index < -0.39 is 6.03 Å². The molecule has 1 aliphatic rings. The maximum Gasteiger partial charge on any atom is 0.324 e. The van der Waals surface area contributed by atoms with Gasteiger partial charge in [0.05, 0.1) is 19.1 Å². The lowest BCUT2D eigenvalue weighted by molar-refractivity contribution is -0.125. The molecular weight excluding hydrogens is 354 g/mol. The van der Waals surface area contributed by atoms with Gasteiger partial charge in [0.1, 0.15) is 0 Å². The van der Waals surface area contributed by atoms with E-state index >= 15 is 0 Å². The van der Waals surface area contributed by atoms with Crippen molar-refractivity contribution in [3.63, 3.8) is 0 Å². The van der Waals surface area contributed by atoms with E-state index in [1.165, 1.54) is 0 Å². The van der Waals surface area contributed by atoms with Gasteiger partial charge in [-0.2, -0.15) is 0 Å². The molecule has 0 aromatic heterocycles. The van der Waals surface area contributed by atoms with Gasteiger partial charge >= 0.3 is 6.03 Å². The Hall–Kier alpha value is -2.86. The molecule has 1 atom stereocenters. The van der Waals surface area contributed by atoms with Crippen molar-refractivity contribution < 1.29 is 14.4 Å². The minimum Gasteiger partial charge on any atom is -0.346 e. The van der Waals surface area contributed by atoms with Gasteiger partial charge in [0.15, 0.2) is 0 Å². The van der Waals surface area contributed by atoms with Crippen LogP contribution in [0.3, 0.4) is 0 Å². The van der Waals surface area contributed by atoms with Crippen LogP contribution in [-0.2, 0) is 11.3 Å². The molecule has 1 fully saturated rings. The third kappa shape index (κ3) is 3.86. The molecule has 1 saturated heterocycles. The van der Waals surface area contributed by atoms with Gasteiger partial charge < -0.3 is 10.6 Å². The standard InChI is InChI=1S/C19H18ClN3O3/c1-12(13-6-4-7-15(20)9-13)22-18(25)16-8-3-2-5-14(16)11-23-17(24)10-21-19(23)26/h2-9,12H,10-11H2,1H3,(H,21,26)(H,22,25)/t12-/m1/s1. The van der Waals surface area contributed by atoms with Crippen LogP contribution in [0.2, 0.25) is 5.02 Å².